The van der Waals surface area contributed by atoms with Gasteiger partial charge in [-0.25, -0.2) is 4.79 Å². The van der Waals surface area contributed by atoms with Gasteiger partial charge < -0.3 is 14.9 Å². The van der Waals surface area contributed by atoms with Crippen LogP contribution < -0.4 is 0 Å². The van der Waals surface area contributed by atoms with Crippen molar-refractivity contribution in [2.24, 2.45) is 5.92 Å². The fourth-order valence-electron chi connectivity index (χ4n) is 1.93. The Bertz CT molecular complexity index is 403. The first kappa shape index (κ1) is 15.5. The van der Waals surface area contributed by atoms with Gasteiger partial charge in [0.1, 0.15) is 11.3 Å². The molecule has 19 heavy (non-hydrogen) atoms. The molecule has 2 N–H and O–H groups in total. The van der Waals surface area contributed by atoms with Gasteiger partial charge in [0.15, 0.2) is 0 Å². The lowest BCUT2D eigenvalue weighted by atomic mass is 9.99. The number of para-hydroxylation sites is 1. The molecule has 0 spiro atoms. The van der Waals surface area contributed by atoms with Crippen LogP contribution in [0.4, 0.5) is 0 Å². The number of rotatable bonds is 7. The van der Waals surface area contributed by atoms with Gasteiger partial charge in [-0.05, 0) is 25.0 Å². The van der Waals surface area contributed by atoms with Crippen LogP contribution in [0.2, 0.25) is 0 Å². The van der Waals surface area contributed by atoms with E-state index in [0.29, 0.717) is 0 Å². The molecule has 0 amide bonds. The van der Waals surface area contributed by atoms with E-state index in [2.05, 4.69) is 6.92 Å². The minimum absolute atomic E-state index is 0.0604. The Morgan fingerprint density at radius 2 is 2.00 bits per heavy atom. The number of unbranched alkanes of at least 4 members (excludes halogenated alkanes) is 1. The molecule has 0 aliphatic rings. The maximum absolute atomic E-state index is 11.8. The number of hydrogen-bond donors (Lipinski definition) is 2. The second-order valence-electron chi connectivity index (χ2n) is 4.62. The highest BCUT2D eigenvalue weighted by Gasteiger charge is 2.22. The van der Waals surface area contributed by atoms with E-state index in [4.69, 9.17) is 4.74 Å². The zero-order chi connectivity index (χ0) is 14.3. The van der Waals surface area contributed by atoms with Crippen molar-refractivity contribution in [3.8, 4) is 5.75 Å². The summed E-state index contributed by atoms with van der Waals surface area (Å²) in [5.74, 6) is -0.892. The molecule has 4 nitrogen and oxygen atoms in total. The van der Waals surface area contributed by atoms with Crippen LogP contribution in [0.3, 0.4) is 0 Å². The Kier molecular flexibility index (Phi) is 6.36. The summed E-state index contributed by atoms with van der Waals surface area (Å²) in [7, 11) is 0. The first-order valence-electron chi connectivity index (χ1n) is 6.77. The van der Waals surface area contributed by atoms with Crippen molar-refractivity contribution in [2.45, 2.75) is 45.8 Å². The highest BCUT2D eigenvalue weighted by Crippen LogP contribution is 2.21. The first-order chi connectivity index (χ1) is 9.10. The lowest BCUT2D eigenvalue weighted by molar-refractivity contribution is -0.101. The van der Waals surface area contributed by atoms with Gasteiger partial charge in [-0.3, -0.25) is 0 Å². The molecule has 1 aromatic rings. The fourth-order valence-corrected chi connectivity index (χ4v) is 1.93. The third-order valence-electron chi connectivity index (χ3n) is 3.21. The summed E-state index contributed by atoms with van der Waals surface area (Å²) in [5, 5.41) is 19.5. The molecule has 106 valence electrons. The van der Waals surface area contributed by atoms with E-state index in [-0.39, 0.29) is 17.2 Å². The summed E-state index contributed by atoms with van der Waals surface area (Å²) in [6.45, 7) is 4.03. The summed E-state index contributed by atoms with van der Waals surface area (Å²) in [6, 6.07) is 6.14. The highest BCUT2D eigenvalue weighted by atomic mass is 16.6. The van der Waals surface area contributed by atoms with Gasteiger partial charge in [0.05, 0.1) is 0 Å². The molecule has 0 aliphatic heterocycles. The number of aliphatic hydroxyl groups excluding tert-OH is 1. The van der Waals surface area contributed by atoms with E-state index >= 15 is 0 Å². The van der Waals surface area contributed by atoms with Crippen LogP contribution in [0.5, 0.6) is 5.75 Å². The van der Waals surface area contributed by atoms with Crippen LogP contribution in [0.1, 0.15) is 49.9 Å². The third kappa shape index (κ3) is 4.56. The molecule has 1 rings (SSSR count). The summed E-state index contributed by atoms with van der Waals surface area (Å²) >= 11 is 0. The molecule has 0 bridgehead atoms. The molecule has 1 aromatic carbocycles. The number of phenolic OH excluding ortho intramolecular Hbond substituents is 1. The Hall–Kier alpha value is -1.55. The summed E-state index contributed by atoms with van der Waals surface area (Å²) < 4.78 is 5.02. The van der Waals surface area contributed by atoms with E-state index in [1.165, 1.54) is 12.1 Å². The molecule has 0 saturated carbocycles. The number of ether oxygens (including phenoxy) is 1. The average molecular weight is 266 g/mol. The largest absolute Gasteiger partial charge is 0.507 e. The lowest BCUT2D eigenvalue weighted by Crippen LogP contribution is -2.26. The van der Waals surface area contributed by atoms with Crippen LogP contribution in [0.25, 0.3) is 0 Å². The van der Waals surface area contributed by atoms with Crippen molar-refractivity contribution < 1.29 is 19.7 Å². The minimum Gasteiger partial charge on any atom is -0.507 e. The summed E-state index contributed by atoms with van der Waals surface area (Å²) in [6.07, 6.45) is 2.47. The third-order valence-corrected chi connectivity index (χ3v) is 3.21. The van der Waals surface area contributed by atoms with Crippen LogP contribution in [-0.2, 0) is 4.74 Å². The molecular formula is C15H22O4. The molecular weight excluding hydrogens is 244 g/mol. The zero-order valence-electron chi connectivity index (χ0n) is 11.5. The number of carbonyl (C=O) groups excluding carboxylic acids is 1. The van der Waals surface area contributed by atoms with E-state index in [9.17, 15) is 15.0 Å². The first-order valence-corrected chi connectivity index (χ1v) is 6.77. The molecule has 0 fully saturated rings. The molecule has 0 aromatic heterocycles. The van der Waals surface area contributed by atoms with Gasteiger partial charge in [0, 0.05) is 5.92 Å². The maximum Gasteiger partial charge on any atom is 0.344 e. The number of benzene rings is 1. The SMILES string of the molecule is CCCCC(CC)C(O)OC(=O)c1ccccc1O. The fraction of sp³-hybridized carbons (Fsp3) is 0.533. The van der Waals surface area contributed by atoms with Crippen molar-refractivity contribution in [3.63, 3.8) is 0 Å². The number of aromatic hydroxyl groups is 1. The van der Waals surface area contributed by atoms with E-state index in [1.54, 1.807) is 12.1 Å². The average Bonchev–Trinajstić information content (AvgIpc) is 2.40. The number of hydrogen-bond acceptors (Lipinski definition) is 4. The Morgan fingerprint density at radius 1 is 1.32 bits per heavy atom. The normalized spacial score (nSPS) is 13.8. The van der Waals surface area contributed by atoms with Crippen LogP contribution in [0, 0.1) is 5.92 Å². The Morgan fingerprint density at radius 3 is 2.58 bits per heavy atom. The highest BCUT2D eigenvalue weighted by molar-refractivity contribution is 5.92. The second kappa shape index (κ2) is 7.79. The zero-order valence-corrected chi connectivity index (χ0v) is 11.5. The topological polar surface area (TPSA) is 66.8 Å². The lowest BCUT2D eigenvalue weighted by Gasteiger charge is -2.21. The van der Waals surface area contributed by atoms with Crippen LogP contribution >= 0.6 is 0 Å². The van der Waals surface area contributed by atoms with Gasteiger partial charge >= 0.3 is 5.97 Å². The molecule has 2 unspecified atom stereocenters. The number of phenols is 1. The summed E-state index contributed by atoms with van der Waals surface area (Å²) in [4.78, 5) is 11.8. The number of aliphatic hydroxyl groups is 1. The van der Waals surface area contributed by atoms with E-state index < -0.39 is 12.3 Å². The maximum atomic E-state index is 11.8. The molecule has 0 saturated heterocycles. The van der Waals surface area contributed by atoms with Gasteiger partial charge in [0.2, 0.25) is 6.29 Å². The number of carbonyl (C=O) groups is 1. The summed E-state index contributed by atoms with van der Waals surface area (Å²) in [5.41, 5.74) is 0.0758. The van der Waals surface area contributed by atoms with Gasteiger partial charge in [-0.15, -0.1) is 0 Å². The smallest absolute Gasteiger partial charge is 0.344 e. The predicted molar refractivity (Wildman–Crippen MR) is 72.8 cm³/mol. The predicted octanol–water partition coefficient (Wildman–Crippen LogP) is 3.08. The standard InChI is InChI=1S/C15H22O4/c1-3-5-8-11(4-2)14(17)19-15(18)12-9-6-7-10-13(12)16/h6-7,9-11,14,16-17H,3-5,8H2,1-2H3. The van der Waals surface area contributed by atoms with Crippen LogP contribution in [0.15, 0.2) is 24.3 Å². The van der Waals surface area contributed by atoms with Crippen molar-refractivity contribution in [1.29, 1.82) is 0 Å². The van der Waals surface area contributed by atoms with E-state index in [0.717, 1.165) is 25.7 Å². The van der Waals surface area contributed by atoms with Gasteiger partial charge in [-0.2, -0.15) is 0 Å². The molecule has 4 heteroatoms. The van der Waals surface area contributed by atoms with Gasteiger partial charge in [-0.1, -0.05) is 38.8 Å². The number of esters is 1. The van der Waals surface area contributed by atoms with Gasteiger partial charge in [0.25, 0.3) is 0 Å². The monoisotopic (exact) mass is 266 g/mol. The minimum atomic E-state index is -1.12. The molecule has 0 heterocycles. The van der Waals surface area contributed by atoms with Crippen molar-refractivity contribution in [1.82, 2.24) is 0 Å². The van der Waals surface area contributed by atoms with E-state index in [1.807, 2.05) is 6.92 Å². The van der Waals surface area contributed by atoms with Crippen molar-refractivity contribution in [3.05, 3.63) is 29.8 Å². The molecule has 0 aliphatic carbocycles. The Balaban J connectivity index is 2.62. The quantitative estimate of drug-likeness (QED) is 0.588. The second-order valence-corrected chi connectivity index (χ2v) is 4.62. The van der Waals surface area contributed by atoms with Crippen molar-refractivity contribution >= 4 is 5.97 Å². The van der Waals surface area contributed by atoms with Crippen LogP contribution in [-0.4, -0.2) is 22.5 Å². The molecule has 2 atom stereocenters. The van der Waals surface area contributed by atoms with Crippen molar-refractivity contribution in [2.75, 3.05) is 0 Å². The Labute approximate surface area is 114 Å². The molecule has 0 radical (unpaired) electrons.